The third-order valence-electron chi connectivity index (χ3n) is 2.67. The fraction of sp³-hybridized carbons (Fsp3) is 0.143. The Morgan fingerprint density at radius 2 is 1.83 bits per heavy atom. The summed E-state index contributed by atoms with van der Waals surface area (Å²) in [6.45, 7) is 2.01. The first-order valence-corrected chi connectivity index (χ1v) is 6.32. The van der Waals surface area contributed by atoms with Crippen LogP contribution in [0.1, 0.15) is 18.5 Å². The monoisotopic (exact) mass is 281 g/mol. The lowest BCUT2D eigenvalue weighted by molar-refractivity contribution is 0.474. The van der Waals surface area contributed by atoms with Gasteiger partial charge in [0.25, 0.3) is 0 Å². The maximum absolute atomic E-state index is 9.44. The van der Waals surface area contributed by atoms with E-state index in [0.29, 0.717) is 10.0 Å². The summed E-state index contributed by atoms with van der Waals surface area (Å²) in [7, 11) is 0. The average molecular weight is 282 g/mol. The first-order valence-electron chi connectivity index (χ1n) is 5.57. The maximum Gasteiger partial charge on any atom is 0.115 e. The van der Waals surface area contributed by atoms with Crippen LogP contribution in [-0.2, 0) is 0 Å². The van der Waals surface area contributed by atoms with Crippen LogP contribution in [-0.4, -0.2) is 5.11 Å². The molecule has 1 unspecified atom stereocenters. The zero-order valence-corrected chi connectivity index (χ0v) is 11.3. The summed E-state index contributed by atoms with van der Waals surface area (Å²) in [6.07, 6.45) is 0. The van der Waals surface area contributed by atoms with Crippen molar-refractivity contribution < 1.29 is 5.11 Å². The van der Waals surface area contributed by atoms with E-state index in [4.69, 9.17) is 23.2 Å². The molecule has 0 aliphatic rings. The van der Waals surface area contributed by atoms with Crippen LogP contribution >= 0.6 is 23.2 Å². The van der Waals surface area contributed by atoms with Gasteiger partial charge in [-0.15, -0.1) is 0 Å². The van der Waals surface area contributed by atoms with Crippen molar-refractivity contribution in [2.45, 2.75) is 13.0 Å². The molecule has 94 valence electrons. The number of anilines is 1. The van der Waals surface area contributed by atoms with Crippen LogP contribution in [0.3, 0.4) is 0 Å². The molecular formula is C14H13Cl2NO. The standard InChI is InChI=1S/C14H13Cl2NO/c1-9(10-3-2-4-12(18)7-10)17-11-5-6-13(15)14(16)8-11/h2-9,17-18H,1H3. The van der Waals surface area contributed by atoms with E-state index in [1.165, 1.54) is 0 Å². The molecule has 0 saturated carbocycles. The van der Waals surface area contributed by atoms with Crippen LogP contribution in [0, 0.1) is 0 Å². The van der Waals surface area contributed by atoms with Crippen molar-refractivity contribution in [1.82, 2.24) is 0 Å². The highest BCUT2D eigenvalue weighted by Crippen LogP contribution is 2.28. The van der Waals surface area contributed by atoms with Crippen molar-refractivity contribution in [3.63, 3.8) is 0 Å². The molecule has 2 rings (SSSR count). The lowest BCUT2D eigenvalue weighted by Crippen LogP contribution is -2.06. The van der Waals surface area contributed by atoms with Gasteiger partial charge in [-0.1, -0.05) is 35.3 Å². The smallest absolute Gasteiger partial charge is 0.115 e. The Morgan fingerprint density at radius 1 is 1.06 bits per heavy atom. The van der Waals surface area contributed by atoms with Crippen LogP contribution < -0.4 is 5.32 Å². The molecule has 0 bridgehead atoms. The van der Waals surface area contributed by atoms with E-state index >= 15 is 0 Å². The highest BCUT2D eigenvalue weighted by Gasteiger charge is 2.07. The van der Waals surface area contributed by atoms with Crippen LogP contribution in [0.5, 0.6) is 5.75 Å². The Bertz CT molecular complexity index is 557. The number of halogens is 2. The van der Waals surface area contributed by atoms with Crippen LogP contribution in [0.15, 0.2) is 42.5 Å². The molecule has 2 nitrogen and oxygen atoms in total. The van der Waals surface area contributed by atoms with Crippen molar-refractivity contribution in [3.05, 3.63) is 58.1 Å². The molecule has 0 spiro atoms. The molecule has 0 saturated heterocycles. The number of hydrogen-bond donors (Lipinski definition) is 2. The van der Waals surface area contributed by atoms with E-state index in [0.717, 1.165) is 11.3 Å². The van der Waals surface area contributed by atoms with Crippen molar-refractivity contribution in [3.8, 4) is 5.75 Å². The second-order valence-electron chi connectivity index (χ2n) is 4.09. The Hall–Kier alpha value is -1.38. The number of phenols is 1. The molecule has 0 fully saturated rings. The van der Waals surface area contributed by atoms with Crippen LogP contribution in [0.25, 0.3) is 0 Å². The van der Waals surface area contributed by atoms with E-state index in [1.807, 2.05) is 25.1 Å². The Morgan fingerprint density at radius 3 is 2.50 bits per heavy atom. The second kappa shape index (κ2) is 5.51. The summed E-state index contributed by atoms with van der Waals surface area (Å²) >= 11 is 11.8. The minimum absolute atomic E-state index is 0.0642. The highest BCUT2D eigenvalue weighted by atomic mass is 35.5. The normalized spacial score (nSPS) is 12.2. The van der Waals surface area contributed by atoms with E-state index in [1.54, 1.807) is 24.3 Å². The highest BCUT2D eigenvalue weighted by molar-refractivity contribution is 6.42. The summed E-state index contributed by atoms with van der Waals surface area (Å²) in [5, 5.41) is 13.8. The summed E-state index contributed by atoms with van der Waals surface area (Å²) in [5.41, 5.74) is 1.89. The van der Waals surface area contributed by atoms with Gasteiger partial charge < -0.3 is 10.4 Å². The quantitative estimate of drug-likeness (QED) is 0.841. The number of phenolic OH excluding ortho intramolecular Hbond substituents is 1. The number of nitrogens with one attached hydrogen (secondary N) is 1. The fourth-order valence-corrected chi connectivity index (χ4v) is 2.01. The molecule has 2 aromatic rings. The van der Waals surface area contributed by atoms with Gasteiger partial charge in [-0.2, -0.15) is 0 Å². The molecule has 0 heterocycles. The van der Waals surface area contributed by atoms with Gasteiger partial charge in [0.15, 0.2) is 0 Å². The van der Waals surface area contributed by atoms with Crippen molar-refractivity contribution in [1.29, 1.82) is 0 Å². The average Bonchev–Trinajstić information content (AvgIpc) is 2.34. The predicted molar refractivity (Wildman–Crippen MR) is 76.6 cm³/mol. The largest absolute Gasteiger partial charge is 0.508 e. The molecule has 0 radical (unpaired) electrons. The first kappa shape index (κ1) is 13.1. The summed E-state index contributed by atoms with van der Waals surface area (Å²) in [6, 6.07) is 12.6. The van der Waals surface area contributed by atoms with Gasteiger partial charge in [0.2, 0.25) is 0 Å². The Balaban J connectivity index is 2.16. The number of hydrogen-bond acceptors (Lipinski definition) is 2. The number of rotatable bonds is 3. The van der Waals surface area contributed by atoms with Crippen molar-refractivity contribution in [2.75, 3.05) is 5.32 Å². The zero-order chi connectivity index (χ0) is 13.1. The molecule has 2 N–H and O–H groups in total. The van der Waals surface area contributed by atoms with Crippen LogP contribution in [0.4, 0.5) is 5.69 Å². The second-order valence-corrected chi connectivity index (χ2v) is 4.90. The zero-order valence-electron chi connectivity index (χ0n) is 9.82. The van der Waals surface area contributed by atoms with Gasteiger partial charge in [0.1, 0.15) is 5.75 Å². The van der Waals surface area contributed by atoms with Crippen LogP contribution in [0.2, 0.25) is 10.0 Å². The first-order chi connectivity index (χ1) is 8.56. The third-order valence-corrected chi connectivity index (χ3v) is 3.41. The van der Waals surface area contributed by atoms with Gasteiger partial charge >= 0.3 is 0 Å². The Labute approximate surface area is 116 Å². The lowest BCUT2D eigenvalue weighted by Gasteiger charge is -2.16. The summed E-state index contributed by atoms with van der Waals surface area (Å²) in [5.74, 6) is 0.260. The van der Waals surface area contributed by atoms with Gasteiger partial charge in [-0.25, -0.2) is 0 Å². The van der Waals surface area contributed by atoms with E-state index in [9.17, 15) is 5.11 Å². The minimum atomic E-state index is 0.0642. The third kappa shape index (κ3) is 3.09. The Kier molecular flexibility index (Phi) is 4.00. The molecular weight excluding hydrogens is 269 g/mol. The van der Waals surface area contributed by atoms with E-state index in [-0.39, 0.29) is 11.8 Å². The minimum Gasteiger partial charge on any atom is -0.508 e. The van der Waals surface area contributed by atoms with Gasteiger partial charge in [0.05, 0.1) is 10.0 Å². The van der Waals surface area contributed by atoms with Gasteiger partial charge in [-0.3, -0.25) is 0 Å². The van der Waals surface area contributed by atoms with Crippen molar-refractivity contribution >= 4 is 28.9 Å². The fourth-order valence-electron chi connectivity index (χ4n) is 1.71. The molecule has 1 atom stereocenters. The van der Waals surface area contributed by atoms with Crippen molar-refractivity contribution in [2.24, 2.45) is 0 Å². The number of aromatic hydroxyl groups is 1. The SMILES string of the molecule is CC(Nc1ccc(Cl)c(Cl)c1)c1cccc(O)c1. The molecule has 0 aliphatic heterocycles. The number of benzene rings is 2. The molecule has 0 amide bonds. The van der Waals surface area contributed by atoms with E-state index < -0.39 is 0 Å². The maximum atomic E-state index is 9.44. The molecule has 2 aromatic carbocycles. The molecule has 4 heteroatoms. The van der Waals surface area contributed by atoms with Gasteiger partial charge in [0, 0.05) is 11.7 Å². The lowest BCUT2D eigenvalue weighted by atomic mass is 10.1. The molecule has 0 aromatic heterocycles. The predicted octanol–water partition coefficient (Wildman–Crippen LogP) is 4.87. The van der Waals surface area contributed by atoms with E-state index in [2.05, 4.69) is 5.32 Å². The molecule has 18 heavy (non-hydrogen) atoms. The van der Waals surface area contributed by atoms with Gasteiger partial charge in [-0.05, 0) is 42.8 Å². The topological polar surface area (TPSA) is 32.3 Å². The summed E-state index contributed by atoms with van der Waals surface area (Å²) < 4.78 is 0. The summed E-state index contributed by atoms with van der Waals surface area (Å²) in [4.78, 5) is 0. The molecule has 0 aliphatic carbocycles.